The average Bonchev–Trinajstić information content (AvgIpc) is 3.37. The van der Waals surface area contributed by atoms with Crippen molar-refractivity contribution in [3.8, 4) is 0 Å². The molecule has 4 aliphatic rings. The summed E-state index contributed by atoms with van der Waals surface area (Å²) in [6.07, 6.45) is 9.01. The van der Waals surface area contributed by atoms with Crippen LogP contribution in [0.1, 0.15) is 57.1 Å². The highest BCUT2D eigenvalue weighted by molar-refractivity contribution is 14.0. The number of fused-ring (bicyclic) bond motifs is 3. The number of hydrogen-bond acceptors (Lipinski definition) is 4. The molecule has 7 nitrogen and oxygen atoms in total. The largest absolute Gasteiger partial charge is 0.377 e. The molecule has 8 heteroatoms. The van der Waals surface area contributed by atoms with Crippen LogP contribution in [0.15, 0.2) is 4.99 Å². The third kappa shape index (κ3) is 3.34. The van der Waals surface area contributed by atoms with E-state index in [1.165, 1.54) is 32.1 Å². The second kappa shape index (κ2) is 8.08. The van der Waals surface area contributed by atoms with Crippen molar-refractivity contribution in [3.63, 3.8) is 0 Å². The van der Waals surface area contributed by atoms with Crippen LogP contribution in [0.4, 0.5) is 0 Å². The smallest absolute Gasteiger partial charge is 0.191 e. The monoisotopic (exact) mass is 500 g/mol. The molecule has 1 saturated heterocycles. The van der Waals surface area contributed by atoms with Gasteiger partial charge in [0.2, 0.25) is 0 Å². The number of guanidine groups is 1. The first-order valence-electron chi connectivity index (χ1n) is 10.8. The summed E-state index contributed by atoms with van der Waals surface area (Å²) in [5.74, 6) is 3.62. The molecule has 3 heterocycles. The molecule has 0 radical (unpaired) electrons. The van der Waals surface area contributed by atoms with E-state index in [0.717, 1.165) is 50.1 Å². The quantitative estimate of drug-likeness (QED) is 0.379. The number of ether oxygens (including phenoxy) is 1. The number of aliphatic imine (C=N–C) groups is 1. The van der Waals surface area contributed by atoms with Gasteiger partial charge in [-0.05, 0) is 39.5 Å². The Morgan fingerprint density at radius 2 is 2.11 bits per heavy atom. The van der Waals surface area contributed by atoms with E-state index >= 15 is 0 Å². The summed E-state index contributed by atoms with van der Waals surface area (Å²) in [5.41, 5.74) is 0.347. The van der Waals surface area contributed by atoms with Gasteiger partial charge in [-0.15, -0.1) is 24.0 Å². The van der Waals surface area contributed by atoms with Crippen LogP contribution in [-0.2, 0) is 17.7 Å². The summed E-state index contributed by atoms with van der Waals surface area (Å²) < 4.78 is 8.19. The van der Waals surface area contributed by atoms with E-state index < -0.39 is 0 Å². The summed E-state index contributed by atoms with van der Waals surface area (Å²) in [5, 5.41) is 12.1. The van der Waals surface area contributed by atoms with Crippen LogP contribution in [0.2, 0.25) is 0 Å². The third-order valence-corrected chi connectivity index (χ3v) is 7.20. The molecule has 5 rings (SSSR count). The van der Waals surface area contributed by atoms with Crippen molar-refractivity contribution >= 4 is 29.9 Å². The molecule has 4 atom stereocenters. The van der Waals surface area contributed by atoms with Crippen molar-refractivity contribution in [2.45, 2.75) is 83.5 Å². The Balaban J connectivity index is 0.00000192. The molecule has 1 spiro atoms. The summed E-state index contributed by atoms with van der Waals surface area (Å²) in [4.78, 5) is 9.30. The topological polar surface area (TPSA) is 76.4 Å². The Hall–Kier alpha value is -0.900. The minimum atomic E-state index is 0. The van der Waals surface area contributed by atoms with Gasteiger partial charge in [0.05, 0.1) is 12.6 Å². The van der Waals surface area contributed by atoms with E-state index in [0.29, 0.717) is 29.5 Å². The lowest BCUT2D eigenvalue weighted by Gasteiger charge is -2.57. The molecule has 2 aliphatic heterocycles. The summed E-state index contributed by atoms with van der Waals surface area (Å²) in [6, 6.07) is 0.865. The highest BCUT2D eigenvalue weighted by Gasteiger charge is 2.65. The molecule has 156 valence electrons. The van der Waals surface area contributed by atoms with E-state index in [9.17, 15) is 0 Å². The molecule has 0 bridgehead atoms. The van der Waals surface area contributed by atoms with Crippen LogP contribution < -0.4 is 10.6 Å². The van der Waals surface area contributed by atoms with E-state index in [2.05, 4.69) is 32.3 Å². The predicted molar refractivity (Wildman–Crippen MR) is 119 cm³/mol. The van der Waals surface area contributed by atoms with Crippen molar-refractivity contribution in [1.29, 1.82) is 0 Å². The van der Waals surface area contributed by atoms with E-state index in [1.807, 2.05) is 6.92 Å². The SMILES string of the molecule is CCN=C(NC1CCc2nc(C)nn2C1)NC1C2CCOC2C12CCCC2.I. The maximum absolute atomic E-state index is 6.13. The molecule has 2 aliphatic carbocycles. The van der Waals surface area contributed by atoms with Gasteiger partial charge in [-0.3, -0.25) is 4.99 Å². The number of nitrogens with one attached hydrogen (secondary N) is 2. The first kappa shape index (κ1) is 20.4. The Labute approximate surface area is 184 Å². The molecule has 2 N–H and O–H groups in total. The van der Waals surface area contributed by atoms with Gasteiger partial charge in [0.25, 0.3) is 0 Å². The third-order valence-electron chi connectivity index (χ3n) is 7.20. The predicted octanol–water partition coefficient (Wildman–Crippen LogP) is 2.42. The van der Waals surface area contributed by atoms with Crippen LogP contribution in [0.25, 0.3) is 0 Å². The second-order valence-corrected chi connectivity index (χ2v) is 8.77. The Kier molecular flexibility index (Phi) is 5.88. The number of rotatable bonds is 3. The molecule has 1 aromatic heterocycles. The van der Waals surface area contributed by atoms with Gasteiger partial charge in [-0.1, -0.05) is 12.8 Å². The van der Waals surface area contributed by atoms with Crippen molar-refractivity contribution in [2.24, 2.45) is 16.3 Å². The maximum atomic E-state index is 6.13. The molecular weight excluding hydrogens is 467 g/mol. The molecule has 0 amide bonds. The number of halogens is 1. The van der Waals surface area contributed by atoms with Gasteiger partial charge in [0, 0.05) is 43.0 Å². The fraction of sp³-hybridized carbons (Fsp3) is 0.850. The normalized spacial score (nSPS) is 33.0. The minimum absolute atomic E-state index is 0. The fourth-order valence-corrected chi connectivity index (χ4v) is 6.09. The first-order valence-corrected chi connectivity index (χ1v) is 10.8. The van der Waals surface area contributed by atoms with Crippen molar-refractivity contribution in [1.82, 2.24) is 25.4 Å². The van der Waals surface area contributed by atoms with Crippen LogP contribution in [-0.4, -0.2) is 52.1 Å². The zero-order valence-corrected chi connectivity index (χ0v) is 19.3. The van der Waals surface area contributed by atoms with E-state index in [-0.39, 0.29) is 24.0 Å². The van der Waals surface area contributed by atoms with E-state index in [4.69, 9.17) is 9.73 Å². The van der Waals surface area contributed by atoms with Gasteiger partial charge in [0.15, 0.2) is 5.96 Å². The number of aryl methyl sites for hydroxylation is 2. The van der Waals surface area contributed by atoms with Gasteiger partial charge in [-0.2, -0.15) is 5.10 Å². The van der Waals surface area contributed by atoms with Gasteiger partial charge < -0.3 is 15.4 Å². The van der Waals surface area contributed by atoms with Crippen LogP contribution in [0.3, 0.4) is 0 Å². The summed E-state index contributed by atoms with van der Waals surface area (Å²) in [6.45, 7) is 6.67. The molecule has 4 unspecified atom stereocenters. The van der Waals surface area contributed by atoms with Crippen LogP contribution >= 0.6 is 24.0 Å². The zero-order chi connectivity index (χ0) is 18.4. The van der Waals surface area contributed by atoms with Gasteiger partial charge in [0.1, 0.15) is 11.6 Å². The standard InChI is InChI=1S/C20H32N6O.HI/c1-3-21-19(23-14-6-7-16-22-13(2)25-26(16)12-14)24-17-15-8-11-27-18(15)20(17)9-4-5-10-20;/h14-15,17-18H,3-12H2,1-2H3,(H2,21,23,24);1H. The molecule has 3 fully saturated rings. The van der Waals surface area contributed by atoms with Crippen molar-refractivity contribution in [3.05, 3.63) is 11.6 Å². The Morgan fingerprint density at radius 3 is 2.89 bits per heavy atom. The van der Waals surface area contributed by atoms with Crippen LogP contribution in [0, 0.1) is 18.3 Å². The summed E-state index contributed by atoms with van der Waals surface area (Å²) >= 11 is 0. The lowest BCUT2D eigenvalue weighted by atomic mass is 9.54. The van der Waals surface area contributed by atoms with Crippen molar-refractivity contribution < 1.29 is 4.74 Å². The molecule has 0 aromatic carbocycles. The molecule has 1 aromatic rings. The lowest BCUT2D eigenvalue weighted by molar-refractivity contribution is -0.125. The molecular formula is C20H33IN6O. The second-order valence-electron chi connectivity index (χ2n) is 8.77. The summed E-state index contributed by atoms with van der Waals surface area (Å²) in [7, 11) is 0. The van der Waals surface area contributed by atoms with Gasteiger partial charge >= 0.3 is 0 Å². The van der Waals surface area contributed by atoms with Gasteiger partial charge in [-0.25, -0.2) is 9.67 Å². The Bertz CT molecular complexity index is 728. The highest BCUT2D eigenvalue weighted by Crippen LogP contribution is 2.60. The fourth-order valence-electron chi connectivity index (χ4n) is 6.09. The average molecular weight is 500 g/mol. The highest BCUT2D eigenvalue weighted by atomic mass is 127. The van der Waals surface area contributed by atoms with Crippen LogP contribution in [0.5, 0.6) is 0 Å². The van der Waals surface area contributed by atoms with E-state index in [1.54, 1.807) is 0 Å². The number of aromatic nitrogens is 3. The number of hydrogen-bond donors (Lipinski definition) is 2. The first-order chi connectivity index (χ1) is 13.2. The van der Waals surface area contributed by atoms with Crippen molar-refractivity contribution in [2.75, 3.05) is 13.2 Å². The zero-order valence-electron chi connectivity index (χ0n) is 17.0. The Morgan fingerprint density at radius 1 is 1.29 bits per heavy atom. The molecule has 2 saturated carbocycles. The minimum Gasteiger partial charge on any atom is -0.377 e. The lowest BCUT2D eigenvalue weighted by Crippen LogP contribution is -2.69. The maximum Gasteiger partial charge on any atom is 0.191 e. The number of nitrogens with zero attached hydrogens (tertiary/aromatic N) is 4. The molecule has 28 heavy (non-hydrogen) atoms.